The zero-order chi connectivity index (χ0) is 24.2. The van der Waals surface area contributed by atoms with E-state index in [0.717, 1.165) is 22.5 Å². The molecule has 0 spiro atoms. The number of halogens is 3. The Labute approximate surface area is 187 Å². The summed E-state index contributed by atoms with van der Waals surface area (Å²) in [6.07, 6.45) is -3.26. The van der Waals surface area contributed by atoms with Gasteiger partial charge in [-0.05, 0) is 49.4 Å². The quantitative estimate of drug-likeness (QED) is 0.484. The fraction of sp³-hybridized carbons (Fsp3) is 0.182. The van der Waals surface area contributed by atoms with Crippen molar-refractivity contribution in [2.75, 3.05) is 11.9 Å². The van der Waals surface area contributed by atoms with Gasteiger partial charge in [0.05, 0.1) is 29.8 Å². The molecule has 0 aliphatic rings. The lowest BCUT2D eigenvalue weighted by molar-refractivity contribution is -0.137. The molecule has 2 aromatic carbocycles. The van der Waals surface area contributed by atoms with Crippen LogP contribution in [0.15, 0.2) is 76.2 Å². The third-order valence-corrected chi connectivity index (χ3v) is 6.41. The summed E-state index contributed by atoms with van der Waals surface area (Å²) in [5.41, 5.74) is -0.768. The number of furan rings is 1. The van der Waals surface area contributed by atoms with E-state index in [-0.39, 0.29) is 28.7 Å². The first-order valence-electron chi connectivity index (χ1n) is 9.57. The maximum atomic E-state index is 13.2. The lowest BCUT2D eigenvalue weighted by Crippen LogP contribution is -2.37. The molecular formula is C22H19F3N2O5S. The Bertz CT molecular complexity index is 1240. The number of hydrogen-bond donors (Lipinski definition) is 1. The maximum absolute atomic E-state index is 13.2. The Morgan fingerprint density at radius 3 is 2.30 bits per heavy atom. The van der Waals surface area contributed by atoms with Gasteiger partial charge in [-0.3, -0.25) is 9.59 Å². The summed E-state index contributed by atoms with van der Waals surface area (Å²) in [6.45, 7) is 0.360. The first-order valence-corrected chi connectivity index (χ1v) is 11.0. The average Bonchev–Trinajstić information content (AvgIpc) is 3.26. The van der Waals surface area contributed by atoms with Crippen molar-refractivity contribution in [1.82, 2.24) is 4.31 Å². The number of carbonyl (C=O) groups excluding carboxylic acids is 2. The molecule has 0 saturated carbocycles. The lowest BCUT2D eigenvalue weighted by Gasteiger charge is -2.21. The SMILES string of the molecule is CC(=O)c1ccc(S(=O)(=O)N(CC(=O)Nc2cccc(C(F)(F)F)c2)Cc2ccco2)cc1. The number of Topliss-reactive ketones (excluding diaryl/α,β-unsaturated/α-hetero) is 1. The Morgan fingerprint density at radius 2 is 1.73 bits per heavy atom. The smallest absolute Gasteiger partial charge is 0.416 e. The van der Waals surface area contributed by atoms with E-state index in [1.165, 1.54) is 49.6 Å². The van der Waals surface area contributed by atoms with Crippen LogP contribution in [0.4, 0.5) is 18.9 Å². The molecule has 0 radical (unpaired) electrons. The van der Waals surface area contributed by atoms with Gasteiger partial charge in [-0.2, -0.15) is 17.5 Å². The number of benzene rings is 2. The fourth-order valence-electron chi connectivity index (χ4n) is 2.95. The van der Waals surface area contributed by atoms with Gasteiger partial charge in [0.15, 0.2) is 5.78 Å². The summed E-state index contributed by atoms with van der Waals surface area (Å²) in [6, 6.07) is 12.3. The molecule has 1 N–H and O–H groups in total. The monoisotopic (exact) mass is 480 g/mol. The van der Waals surface area contributed by atoms with E-state index < -0.39 is 34.2 Å². The van der Waals surface area contributed by atoms with Gasteiger partial charge in [-0.15, -0.1) is 0 Å². The van der Waals surface area contributed by atoms with E-state index in [1.807, 2.05) is 0 Å². The van der Waals surface area contributed by atoms with Crippen LogP contribution in [0.25, 0.3) is 0 Å². The second-order valence-electron chi connectivity index (χ2n) is 7.06. The zero-order valence-electron chi connectivity index (χ0n) is 17.3. The molecule has 0 aliphatic carbocycles. The second-order valence-corrected chi connectivity index (χ2v) is 9.00. The van der Waals surface area contributed by atoms with E-state index in [2.05, 4.69) is 5.32 Å². The van der Waals surface area contributed by atoms with Crippen molar-refractivity contribution < 1.29 is 35.6 Å². The van der Waals surface area contributed by atoms with Gasteiger partial charge in [0.25, 0.3) is 0 Å². The summed E-state index contributed by atoms with van der Waals surface area (Å²) < 4.78 is 71.1. The number of hydrogen-bond acceptors (Lipinski definition) is 5. The number of carbonyl (C=O) groups is 2. The molecular weight excluding hydrogens is 461 g/mol. The molecule has 11 heteroatoms. The van der Waals surface area contributed by atoms with Gasteiger partial charge in [0.1, 0.15) is 5.76 Å². The van der Waals surface area contributed by atoms with Crippen LogP contribution in [0.5, 0.6) is 0 Å². The van der Waals surface area contributed by atoms with Crippen LogP contribution in [-0.4, -0.2) is 31.0 Å². The number of alkyl halides is 3. The predicted octanol–water partition coefficient (Wildman–Crippen LogP) is 4.33. The molecule has 0 aliphatic heterocycles. The second kappa shape index (κ2) is 9.59. The molecule has 0 fully saturated rings. The average molecular weight is 480 g/mol. The fourth-order valence-corrected chi connectivity index (χ4v) is 4.31. The highest BCUT2D eigenvalue weighted by Gasteiger charge is 2.31. The molecule has 174 valence electrons. The molecule has 0 unspecified atom stereocenters. The van der Waals surface area contributed by atoms with Crippen molar-refractivity contribution in [3.05, 3.63) is 83.8 Å². The third kappa shape index (κ3) is 6.08. The number of nitrogens with one attached hydrogen (secondary N) is 1. The summed E-state index contributed by atoms with van der Waals surface area (Å²) in [5, 5.41) is 2.29. The Hall–Kier alpha value is -3.44. The largest absolute Gasteiger partial charge is 0.468 e. The minimum atomic E-state index is -4.60. The molecule has 1 heterocycles. The minimum absolute atomic E-state index is 0.129. The number of sulfonamides is 1. The summed E-state index contributed by atoms with van der Waals surface area (Å²) in [5.74, 6) is -0.831. The number of ketones is 1. The molecule has 7 nitrogen and oxygen atoms in total. The number of amides is 1. The highest BCUT2D eigenvalue weighted by Crippen LogP contribution is 2.30. The van der Waals surface area contributed by atoms with Crippen LogP contribution >= 0.6 is 0 Å². The predicted molar refractivity (Wildman–Crippen MR) is 113 cm³/mol. The zero-order valence-corrected chi connectivity index (χ0v) is 18.1. The molecule has 3 rings (SSSR count). The van der Waals surface area contributed by atoms with E-state index >= 15 is 0 Å². The van der Waals surface area contributed by atoms with Crippen LogP contribution in [0, 0.1) is 0 Å². The number of anilines is 1. The van der Waals surface area contributed by atoms with E-state index in [0.29, 0.717) is 5.56 Å². The van der Waals surface area contributed by atoms with Crippen LogP contribution in [0.3, 0.4) is 0 Å². The topological polar surface area (TPSA) is 96.7 Å². The molecule has 3 aromatic rings. The maximum Gasteiger partial charge on any atom is 0.416 e. The summed E-state index contributed by atoms with van der Waals surface area (Å²) >= 11 is 0. The first kappa shape index (κ1) is 24.2. The third-order valence-electron chi connectivity index (χ3n) is 4.60. The standard InChI is InChI=1S/C22H19F3N2O5S/c1-15(28)16-7-9-20(10-8-16)33(30,31)27(13-19-6-3-11-32-19)14-21(29)26-18-5-2-4-17(12-18)22(23,24)25/h2-12H,13-14H2,1H3,(H,26,29). The van der Waals surface area contributed by atoms with Gasteiger partial charge < -0.3 is 9.73 Å². The molecule has 0 saturated heterocycles. The van der Waals surface area contributed by atoms with E-state index in [9.17, 15) is 31.2 Å². The van der Waals surface area contributed by atoms with Crippen LogP contribution in [0.2, 0.25) is 0 Å². The normalized spacial score (nSPS) is 12.0. The summed E-state index contributed by atoms with van der Waals surface area (Å²) in [7, 11) is -4.22. The van der Waals surface area contributed by atoms with Crippen molar-refractivity contribution in [2.24, 2.45) is 0 Å². The van der Waals surface area contributed by atoms with Crippen LogP contribution < -0.4 is 5.32 Å². The van der Waals surface area contributed by atoms with Crippen molar-refractivity contribution in [3.63, 3.8) is 0 Å². The molecule has 0 atom stereocenters. The first-order chi connectivity index (χ1) is 15.5. The van der Waals surface area contributed by atoms with Crippen molar-refractivity contribution in [2.45, 2.75) is 24.5 Å². The highest BCUT2D eigenvalue weighted by atomic mass is 32.2. The molecule has 1 amide bonds. The summed E-state index contributed by atoms with van der Waals surface area (Å²) in [4.78, 5) is 23.9. The van der Waals surface area contributed by atoms with Crippen molar-refractivity contribution in [1.29, 1.82) is 0 Å². The van der Waals surface area contributed by atoms with Gasteiger partial charge in [-0.1, -0.05) is 18.2 Å². The highest BCUT2D eigenvalue weighted by molar-refractivity contribution is 7.89. The van der Waals surface area contributed by atoms with Gasteiger partial charge in [0, 0.05) is 11.3 Å². The number of nitrogens with zero attached hydrogens (tertiary/aromatic N) is 1. The van der Waals surface area contributed by atoms with E-state index in [4.69, 9.17) is 4.42 Å². The van der Waals surface area contributed by atoms with Gasteiger partial charge >= 0.3 is 6.18 Å². The van der Waals surface area contributed by atoms with Crippen molar-refractivity contribution >= 4 is 27.4 Å². The minimum Gasteiger partial charge on any atom is -0.468 e. The van der Waals surface area contributed by atoms with Crippen LogP contribution in [-0.2, 0) is 27.5 Å². The Kier molecular flexibility index (Phi) is 7.04. The van der Waals surface area contributed by atoms with E-state index in [1.54, 1.807) is 6.07 Å². The van der Waals surface area contributed by atoms with Crippen LogP contribution in [0.1, 0.15) is 28.6 Å². The Morgan fingerprint density at radius 1 is 1.03 bits per heavy atom. The van der Waals surface area contributed by atoms with Gasteiger partial charge in [-0.25, -0.2) is 8.42 Å². The molecule has 33 heavy (non-hydrogen) atoms. The molecule has 0 bridgehead atoms. The number of rotatable bonds is 8. The lowest BCUT2D eigenvalue weighted by atomic mass is 10.2. The Balaban J connectivity index is 1.85. The molecule has 1 aromatic heterocycles. The van der Waals surface area contributed by atoms with Gasteiger partial charge in [0.2, 0.25) is 15.9 Å². The van der Waals surface area contributed by atoms with Crippen molar-refractivity contribution in [3.8, 4) is 0 Å².